The van der Waals surface area contributed by atoms with Crippen molar-refractivity contribution in [3.8, 4) is 0 Å². The molecule has 136 valence electrons. The minimum absolute atomic E-state index is 0.127. The van der Waals surface area contributed by atoms with Crippen LogP contribution < -0.4 is 10.6 Å². The molecule has 0 spiro atoms. The highest BCUT2D eigenvalue weighted by molar-refractivity contribution is 7.98. The molecule has 7 heteroatoms. The van der Waals surface area contributed by atoms with Crippen molar-refractivity contribution in [3.63, 3.8) is 0 Å². The van der Waals surface area contributed by atoms with Crippen LogP contribution in [0.15, 0.2) is 59.5 Å². The lowest BCUT2D eigenvalue weighted by Crippen LogP contribution is -2.45. The summed E-state index contributed by atoms with van der Waals surface area (Å²) in [4.78, 5) is 27.6. The van der Waals surface area contributed by atoms with Crippen molar-refractivity contribution in [2.45, 2.75) is 23.5 Å². The van der Waals surface area contributed by atoms with E-state index < -0.39 is 18.2 Å². The normalized spacial score (nSPS) is 19.2. The quantitative estimate of drug-likeness (QED) is 0.722. The molecule has 1 saturated heterocycles. The van der Waals surface area contributed by atoms with E-state index in [0.29, 0.717) is 11.4 Å². The Morgan fingerprint density at radius 3 is 2.35 bits per heavy atom. The zero-order chi connectivity index (χ0) is 18.5. The number of aliphatic hydroxyl groups is 1. The Balaban J connectivity index is 1.67. The Hall–Kier alpha value is -2.51. The molecule has 2 aromatic rings. The number of anilines is 2. The molecule has 2 atom stereocenters. The smallest absolute Gasteiger partial charge is 0.322 e. The molecule has 2 aromatic carbocycles. The standard InChI is InChI=1S/C19H21N3O3S/c1-26-16-9-7-14(8-10-16)20-18(24)17-11-15(23)12-22(17)19(25)21-13-5-3-2-4-6-13/h2-10,15,17,23H,11-12H2,1H3,(H,20,24)(H,21,25)/t15-,17+/m0/s1. The predicted octanol–water partition coefficient (Wildman–Crippen LogP) is 3.01. The maximum atomic E-state index is 12.6. The molecule has 3 amide bonds. The topological polar surface area (TPSA) is 81.7 Å². The average Bonchev–Trinajstić information content (AvgIpc) is 3.05. The predicted molar refractivity (Wildman–Crippen MR) is 103 cm³/mol. The number of carbonyl (C=O) groups is 2. The summed E-state index contributed by atoms with van der Waals surface area (Å²) in [5.41, 5.74) is 1.31. The minimum Gasteiger partial charge on any atom is -0.391 e. The lowest BCUT2D eigenvalue weighted by molar-refractivity contribution is -0.119. The molecule has 1 aliphatic rings. The Morgan fingerprint density at radius 1 is 1.04 bits per heavy atom. The number of amides is 3. The molecule has 0 radical (unpaired) electrons. The van der Waals surface area contributed by atoms with Crippen LogP contribution in [0.3, 0.4) is 0 Å². The number of aliphatic hydroxyl groups excluding tert-OH is 1. The SMILES string of the molecule is CSc1ccc(NC(=O)[C@H]2C[C@H](O)CN2C(=O)Nc2ccccc2)cc1. The summed E-state index contributed by atoms with van der Waals surface area (Å²) in [6.45, 7) is 0.127. The molecule has 0 unspecified atom stereocenters. The van der Waals surface area contributed by atoms with Gasteiger partial charge in [0.05, 0.1) is 6.10 Å². The molecule has 6 nitrogen and oxygen atoms in total. The Kier molecular flexibility index (Phi) is 5.80. The molecule has 3 rings (SSSR count). The first-order chi connectivity index (χ1) is 12.6. The van der Waals surface area contributed by atoms with Gasteiger partial charge in [-0.1, -0.05) is 18.2 Å². The van der Waals surface area contributed by atoms with Gasteiger partial charge in [0.1, 0.15) is 6.04 Å². The van der Waals surface area contributed by atoms with E-state index in [-0.39, 0.29) is 18.9 Å². The van der Waals surface area contributed by atoms with E-state index in [1.807, 2.05) is 48.7 Å². The summed E-state index contributed by atoms with van der Waals surface area (Å²) < 4.78 is 0. The summed E-state index contributed by atoms with van der Waals surface area (Å²) in [6.07, 6.45) is 1.49. The molecule has 26 heavy (non-hydrogen) atoms. The van der Waals surface area contributed by atoms with Crippen LogP contribution in [0.1, 0.15) is 6.42 Å². The van der Waals surface area contributed by atoms with Crippen LogP contribution >= 0.6 is 11.8 Å². The van der Waals surface area contributed by atoms with Gasteiger partial charge in [0.25, 0.3) is 0 Å². The second-order valence-electron chi connectivity index (χ2n) is 6.07. The number of benzene rings is 2. The fourth-order valence-corrected chi connectivity index (χ4v) is 3.31. The number of likely N-dealkylation sites (tertiary alicyclic amines) is 1. The molecular formula is C19H21N3O3S. The number of thioether (sulfide) groups is 1. The van der Waals surface area contributed by atoms with Gasteiger partial charge in [-0.3, -0.25) is 4.79 Å². The van der Waals surface area contributed by atoms with E-state index in [1.165, 1.54) is 4.90 Å². The average molecular weight is 371 g/mol. The number of urea groups is 1. The lowest BCUT2D eigenvalue weighted by Gasteiger charge is -2.24. The van der Waals surface area contributed by atoms with Crippen LogP contribution in [0, 0.1) is 0 Å². The van der Waals surface area contributed by atoms with Gasteiger partial charge in [0.2, 0.25) is 5.91 Å². The number of para-hydroxylation sites is 1. The van der Waals surface area contributed by atoms with Crippen LogP contribution in [-0.4, -0.2) is 46.9 Å². The number of hydrogen-bond acceptors (Lipinski definition) is 4. The molecule has 1 fully saturated rings. The van der Waals surface area contributed by atoms with Gasteiger partial charge in [-0.15, -0.1) is 11.8 Å². The third kappa shape index (κ3) is 4.36. The number of rotatable bonds is 4. The van der Waals surface area contributed by atoms with E-state index in [0.717, 1.165) is 4.90 Å². The Bertz CT molecular complexity index is 767. The highest BCUT2D eigenvalue weighted by Crippen LogP contribution is 2.22. The summed E-state index contributed by atoms with van der Waals surface area (Å²) in [7, 11) is 0. The van der Waals surface area contributed by atoms with E-state index in [9.17, 15) is 14.7 Å². The van der Waals surface area contributed by atoms with Crippen molar-refractivity contribution in [2.75, 3.05) is 23.4 Å². The summed E-state index contributed by atoms with van der Waals surface area (Å²) in [5, 5.41) is 15.5. The minimum atomic E-state index is -0.717. The third-order valence-electron chi connectivity index (χ3n) is 4.23. The molecular weight excluding hydrogens is 350 g/mol. The first-order valence-electron chi connectivity index (χ1n) is 8.32. The second kappa shape index (κ2) is 8.25. The lowest BCUT2D eigenvalue weighted by atomic mass is 10.2. The van der Waals surface area contributed by atoms with E-state index in [2.05, 4.69) is 10.6 Å². The summed E-state index contributed by atoms with van der Waals surface area (Å²) in [6, 6.07) is 15.4. The van der Waals surface area contributed by atoms with Crippen molar-refractivity contribution < 1.29 is 14.7 Å². The van der Waals surface area contributed by atoms with Crippen LogP contribution in [-0.2, 0) is 4.79 Å². The number of nitrogens with zero attached hydrogens (tertiary/aromatic N) is 1. The summed E-state index contributed by atoms with van der Waals surface area (Å²) in [5.74, 6) is -0.304. The van der Waals surface area contributed by atoms with Crippen molar-refractivity contribution in [1.82, 2.24) is 4.90 Å². The van der Waals surface area contributed by atoms with Crippen LogP contribution in [0.25, 0.3) is 0 Å². The summed E-state index contributed by atoms with van der Waals surface area (Å²) >= 11 is 1.62. The number of β-amino-alcohol motifs (C(OH)–C–C–N with tert-alkyl or cyclic N) is 1. The van der Waals surface area contributed by atoms with E-state index >= 15 is 0 Å². The monoisotopic (exact) mass is 371 g/mol. The molecule has 3 N–H and O–H groups in total. The number of hydrogen-bond donors (Lipinski definition) is 3. The van der Waals surface area contributed by atoms with Gasteiger partial charge in [-0.2, -0.15) is 0 Å². The molecule has 0 aromatic heterocycles. The molecule has 0 aliphatic carbocycles. The molecule has 0 bridgehead atoms. The Labute approximate surface area is 156 Å². The van der Waals surface area contributed by atoms with Gasteiger partial charge in [0.15, 0.2) is 0 Å². The fourth-order valence-electron chi connectivity index (χ4n) is 2.90. The first kappa shape index (κ1) is 18.3. The second-order valence-corrected chi connectivity index (χ2v) is 6.95. The zero-order valence-electron chi connectivity index (χ0n) is 14.4. The van der Waals surface area contributed by atoms with Crippen molar-refractivity contribution in [2.24, 2.45) is 0 Å². The van der Waals surface area contributed by atoms with E-state index in [4.69, 9.17) is 0 Å². The Morgan fingerprint density at radius 2 is 1.69 bits per heavy atom. The van der Waals surface area contributed by atoms with Crippen molar-refractivity contribution in [1.29, 1.82) is 0 Å². The van der Waals surface area contributed by atoms with Gasteiger partial charge >= 0.3 is 6.03 Å². The number of carbonyl (C=O) groups excluding carboxylic acids is 2. The maximum Gasteiger partial charge on any atom is 0.322 e. The largest absolute Gasteiger partial charge is 0.391 e. The van der Waals surface area contributed by atoms with Gasteiger partial charge in [-0.05, 0) is 42.7 Å². The highest BCUT2D eigenvalue weighted by Gasteiger charge is 2.39. The molecule has 0 saturated carbocycles. The maximum absolute atomic E-state index is 12.6. The van der Waals surface area contributed by atoms with Gasteiger partial charge in [-0.25, -0.2) is 4.79 Å². The van der Waals surface area contributed by atoms with Crippen LogP contribution in [0.4, 0.5) is 16.2 Å². The van der Waals surface area contributed by atoms with Crippen molar-refractivity contribution in [3.05, 3.63) is 54.6 Å². The van der Waals surface area contributed by atoms with E-state index in [1.54, 1.807) is 23.9 Å². The first-order valence-corrected chi connectivity index (χ1v) is 9.55. The van der Waals surface area contributed by atoms with Gasteiger partial charge in [0, 0.05) is 29.2 Å². The fraction of sp³-hybridized carbons (Fsp3) is 0.263. The van der Waals surface area contributed by atoms with Crippen LogP contribution in [0.5, 0.6) is 0 Å². The highest BCUT2D eigenvalue weighted by atomic mass is 32.2. The zero-order valence-corrected chi connectivity index (χ0v) is 15.2. The molecule has 1 aliphatic heterocycles. The molecule has 1 heterocycles. The van der Waals surface area contributed by atoms with Crippen molar-refractivity contribution >= 4 is 35.1 Å². The number of nitrogens with one attached hydrogen (secondary N) is 2. The van der Waals surface area contributed by atoms with Gasteiger partial charge < -0.3 is 20.6 Å². The third-order valence-corrected chi connectivity index (χ3v) is 4.97. The van der Waals surface area contributed by atoms with Crippen LogP contribution in [0.2, 0.25) is 0 Å².